The van der Waals surface area contributed by atoms with Gasteiger partial charge in [0.15, 0.2) is 0 Å². The van der Waals surface area contributed by atoms with Gasteiger partial charge < -0.3 is 14.9 Å². The summed E-state index contributed by atoms with van der Waals surface area (Å²) in [5, 5.41) is 23.7. The Bertz CT molecular complexity index is 1090. The van der Waals surface area contributed by atoms with Gasteiger partial charge in [-0.15, -0.1) is 0 Å². The first-order valence-electron chi connectivity index (χ1n) is 16.7. The van der Waals surface area contributed by atoms with Crippen molar-refractivity contribution in [1.82, 2.24) is 0 Å². The normalized spacial score (nSPS) is 30.4. The summed E-state index contributed by atoms with van der Waals surface area (Å²) in [5.41, 5.74) is 3.77. The average Bonchev–Trinajstić information content (AvgIpc) is 3.24. The van der Waals surface area contributed by atoms with Gasteiger partial charge in [-0.25, -0.2) is 0 Å². The van der Waals surface area contributed by atoms with Crippen LogP contribution >= 0.6 is 15.9 Å². The molecule has 41 heavy (non-hydrogen) atoms. The van der Waals surface area contributed by atoms with Gasteiger partial charge in [-0.2, -0.15) is 0 Å². The molecule has 2 saturated carbocycles. The number of aliphatic hydroxyl groups is 2. The van der Waals surface area contributed by atoms with Crippen molar-refractivity contribution >= 4 is 15.9 Å². The summed E-state index contributed by atoms with van der Waals surface area (Å²) in [6, 6.07) is 17.2. The second-order valence-electron chi connectivity index (χ2n) is 13.8. The molecule has 0 heterocycles. The zero-order chi connectivity index (χ0) is 28.7. The lowest BCUT2D eigenvalue weighted by atomic mass is 9.55. The van der Waals surface area contributed by atoms with E-state index in [0.29, 0.717) is 24.4 Å². The molecule has 0 aliphatic heterocycles. The van der Waals surface area contributed by atoms with Gasteiger partial charge in [-0.1, -0.05) is 111 Å². The molecule has 0 radical (unpaired) electrons. The zero-order valence-corrected chi connectivity index (χ0v) is 26.9. The van der Waals surface area contributed by atoms with Gasteiger partial charge in [0.25, 0.3) is 0 Å². The Labute approximate surface area is 257 Å². The first kappa shape index (κ1) is 31.1. The number of ether oxygens (including phenoxy) is 1. The van der Waals surface area contributed by atoms with E-state index in [1.165, 1.54) is 74.5 Å². The van der Waals surface area contributed by atoms with Crippen LogP contribution in [-0.2, 0) is 13.0 Å². The fourth-order valence-corrected chi connectivity index (χ4v) is 9.38. The fourth-order valence-electron chi connectivity index (χ4n) is 8.99. The number of rotatable bonds is 15. The minimum absolute atomic E-state index is 0.0741. The highest BCUT2D eigenvalue weighted by Crippen LogP contribution is 2.66. The number of aliphatic hydroxyl groups excluding tert-OH is 2. The maximum Gasteiger partial charge on any atom is 0.120 e. The van der Waals surface area contributed by atoms with Gasteiger partial charge >= 0.3 is 0 Å². The Morgan fingerprint density at radius 3 is 2.32 bits per heavy atom. The summed E-state index contributed by atoms with van der Waals surface area (Å²) >= 11 is 3.52. The molecule has 6 atom stereocenters. The van der Waals surface area contributed by atoms with E-state index in [9.17, 15) is 10.2 Å². The highest BCUT2D eigenvalue weighted by molar-refractivity contribution is 9.09. The standard InChI is InChI=1S/C37H53BrO3/c1-36-22-20-32-31-19-17-30(41-26-28-14-10-9-11-15-28)24-29(31)16-18-33(32)34(36)25-37(27-39,35(36)40)21-12-7-5-3-2-4-6-8-13-23-38/h9-11,14-15,17,19,24,32-35,39-40H,2-8,12-13,16,18,20-23,25-27H2,1H3/t32-,33-,34+,35-,36+,37-/m1/s1. The lowest BCUT2D eigenvalue weighted by Crippen LogP contribution is -2.46. The molecule has 3 nitrogen and oxygen atoms in total. The van der Waals surface area contributed by atoms with E-state index in [2.05, 4.69) is 65.3 Å². The summed E-state index contributed by atoms with van der Waals surface area (Å²) in [5.74, 6) is 2.63. The fraction of sp³-hybridized carbons (Fsp3) is 0.676. The van der Waals surface area contributed by atoms with Crippen molar-refractivity contribution in [3.63, 3.8) is 0 Å². The Balaban J connectivity index is 1.17. The van der Waals surface area contributed by atoms with E-state index < -0.39 is 6.10 Å². The third-order valence-corrected chi connectivity index (χ3v) is 11.9. The second-order valence-corrected chi connectivity index (χ2v) is 14.6. The molecule has 0 unspecified atom stereocenters. The third kappa shape index (κ3) is 6.91. The first-order valence-corrected chi connectivity index (χ1v) is 17.8. The van der Waals surface area contributed by atoms with E-state index >= 15 is 0 Å². The summed E-state index contributed by atoms with van der Waals surface area (Å²) in [6.07, 6.45) is 17.7. The van der Waals surface area contributed by atoms with Crippen molar-refractivity contribution in [3.8, 4) is 5.75 Å². The number of benzene rings is 2. The minimum Gasteiger partial charge on any atom is -0.489 e. The minimum atomic E-state index is -0.393. The summed E-state index contributed by atoms with van der Waals surface area (Å²) in [4.78, 5) is 0. The number of hydrogen-bond donors (Lipinski definition) is 2. The summed E-state index contributed by atoms with van der Waals surface area (Å²) in [7, 11) is 0. The van der Waals surface area contributed by atoms with E-state index in [1.807, 2.05) is 6.07 Å². The number of unbranched alkanes of at least 4 members (excludes halogenated alkanes) is 8. The summed E-state index contributed by atoms with van der Waals surface area (Å²) in [6.45, 7) is 3.08. The average molecular weight is 626 g/mol. The van der Waals surface area contributed by atoms with Gasteiger partial charge in [-0.3, -0.25) is 0 Å². The number of aryl methyl sites for hydroxylation is 1. The molecule has 0 amide bonds. The Morgan fingerprint density at radius 2 is 1.61 bits per heavy atom. The van der Waals surface area contributed by atoms with Crippen molar-refractivity contribution in [2.75, 3.05) is 11.9 Å². The monoisotopic (exact) mass is 624 g/mol. The number of halogens is 1. The van der Waals surface area contributed by atoms with Gasteiger partial charge in [0.05, 0.1) is 12.7 Å². The molecular weight excluding hydrogens is 572 g/mol. The Hall–Kier alpha value is -1.36. The second kappa shape index (κ2) is 14.4. The molecular formula is C37H53BrO3. The molecule has 2 fully saturated rings. The van der Waals surface area contributed by atoms with Crippen LogP contribution in [0.5, 0.6) is 5.75 Å². The van der Waals surface area contributed by atoms with Gasteiger partial charge in [0.2, 0.25) is 0 Å². The molecule has 3 aliphatic rings. The van der Waals surface area contributed by atoms with Gasteiger partial charge in [0.1, 0.15) is 12.4 Å². The summed E-state index contributed by atoms with van der Waals surface area (Å²) < 4.78 is 6.16. The van der Waals surface area contributed by atoms with E-state index in [-0.39, 0.29) is 17.4 Å². The molecule has 0 saturated heterocycles. The molecule has 0 aromatic heterocycles. The van der Waals surface area contributed by atoms with Crippen molar-refractivity contribution in [1.29, 1.82) is 0 Å². The molecule has 2 aromatic rings. The lowest BCUT2D eigenvalue weighted by molar-refractivity contribution is -0.0715. The van der Waals surface area contributed by atoms with Crippen molar-refractivity contribution in [2.24, 2.45) is 22.7 Å². The highest BCUT2D eigenvalue weighted by atomic mass is 79.9. The smallest absolute Gasteiger partial charge is 0.120 e. The van der Waals surface area contributed by atoms with Crippen LogP contribution in [0.15, 0.2) is 48.5 Å². The van der Waals surface area contributed by atoms with Crippen LogP contribution in [0, 0.1) is 22.7 Å². The van der Waals surface area contributed by atoms with Crippen LogP contribution < -0.4 is 4.74 Å². The largest absolute Gasteiger partial charge is 0.489 e. The SMILES string of the molecule is C[C@]12CC[C@@H]3c4ccc(OCc5ccccc5)cc4CC[C@H]3[C@@H]1C[C@@](CO)(CCCCCCCCCCCBr)[C@@H]2O. The predicted octanol–water partition coefficient (Wildman–Crippen LogP) is 9.37. The topological polar surface area (TPSA) is 49.7 Å². The van der Waals surface area contributed by atoms with E-state index in [0.717, 1.165) is 49.6 Å². The predicted molar refractivity (Wildman–Crippen MR) is 173 cm³/mol. The molecule has 0 spiro atoms. The Kier molecular flexibility index (Phi) is 10.9. The molecule has 226 valence electrons. The lowest BCUT2D eigenvalue weighted by Gasteiger charge is -2.50. The molecule has 0 bridgehead atoms. The van der Waals surface area contributed by atoms with Crippen molar-refractivity contribution in [2.45, 2.75) is 122 Å². The molecule has 4 heteroatoms. The number of alkyl halides is 1. The Morgan fingerprint density at radius 1 is 0.902 bits per heavy atom. The van der Waals surface area contributed by atoms with Gasteiger partial charge in [-0.05, 0) is 96.9 Å². The van der Waals surface area contributed by atoms with E-state index in [4.69, 9.17) is 4.74 Å². The van der Waals surface area contributed by atoms with Crippen LogP contribution in [0.1, 0.15) is 119 Å². The van der Waals surface area contributed by atoms with Crippen molar-refractivity contribution in [3.05, 3.63) is 65.2 Å². The first-order chi connectivity index (χ1) is 20.0. The number of fused-ring (bicyclic) bond motifs is 5. The van der Waals surface area contributed by atoms with Crippen LogP contribution in [0.2, 0.25) is 0 Å². The quantitative estimate of drug-likeness (QED) is 0.153. The highest BCUT2D eigenvalue weighted by Gasteiger charge is 2.63. The van der Waals surface area contributed by atoms with E-state index in [1.54, 1.807) is 0 Å². The molecule has 2 aromatic carbocycles. The maximum atomic E-state index is 11.8. The van der Waals surface area contributed by atoms with Crippen LogP contribution in [-0.4, -0.2) is 28.3 Å². The molecule has 2 N–H and O–H groups in total. The molecule has 5 rings (SSSR count). The zero-order valence-electron chi connectivity index (χ0n) is 25.3. The third-order valence-electron chi connectivity index (χ3n) is 11.3. The van der Waals surface area contributed by atoms with Gasteiger partial charge in [0, 0.05) is 10.7 Å². The van der Waals surface area contributed by atoms with Crippen molar-refractivity contribution < 1.29 is 14.9 Å². The van der Waals surface area contributed by atoms with Crippen LogP contribution in [0.4, 0.5) is 0 Å². The van der Waals surface area contributed by atoms with Crippen LogP contribution in [0.3, 0.4) is 0 Å². The van der Waals surface area contributed by atoms with Crippen LogP contribution in [0.25, 0.3) is 0 Å². The number of hydrogen-bond acceptors (Lipinski definition) is 3. The molecule has 3 aliphatic carbocycles. The maximum absolute atomic E-state index is 11.8.